The van der Waals surface area contributed by atoms with Crippen LogP contribution < -0.4 is 10.9 Å². The Balaban J connectivity index is 1.80. The fraction of sp³-hybridized carbons (Fsp3) is 0.231. The van der Waals surface area contributed by atoms with Crippen molar-refractivity contribution in [2.45, 2.75) is 23.7 Å². The minimum Gasteiger partial charge on any atom is -0.310 e. The lowest BCUT2D eigenvalue weighted by Gasteiger charge is -2.05. The molecule has 19 heavy (non-hydrogen) atoms. The monoisotopic (exact) mass is 337 g/mol. The average Bonchev–Trinajstić information content (AvgIpc) is 2.87. The third-order valence-corrected chi connectivity index (χ3v) is 4.98. The molecule has 2 aromatic rings. The molecule has 2 heterocycles. The van der Waals surface area contributed by atoms with Crippen molar-refractivity contribution in [2.24, 2.45) is 0 Å². The van der Waals surface area contributed by atoms with Crippen LogP contribution in [0.3, 0.4) is 0 Å². The van der Waals surface area contributed by atoms with E-state index in [0.29, 0.717) is 18.8 Å². The fourth-order valence-electron chi connectivity index (χ4n) is 2.01. The van der Waals surface area contributed by atoms with E-state index in [-0.39, 0.29) is 5.56 Å². The molecule has 3 rings (SSSR count). The van der Waals surface area contributed by atoms with E-state index in [2.05, 4.69) is 31.2 Å². The van der Waals surface area contributed by atoms with Gasteiger partial charge in [-0.25, -0.2) is 4.98 Å². The standard InChI is InChI=1S/C13H12BrN3OS/c14-9-3-1-2-4-11(9)19-7-12-16-10-6-15-5-8(10)13(18)17-12/h1-4,15H,5-7H2,(H,16,17,18). The number of nitrogens with one attached hydrogen (secondary N) is 2. The van der Waals surface area contributed by atoms with E-state index in [1.807, 2.05) is 24.3 Å². The molecule has 0 bridgehead atoms. The lowest BCUT2D eigenvalue weighted by atomic mass is 10.3. The SMILES string of the molecule is O=c1[nH]c(CSc2ccccc2Br)nc2c1CNC2. The number of halogens is 1. The Kier molecular flexibility index (Phi) is 3.72. The van der Waals surface area contributed by atoms with Gasteiger partial charge in [0.15, 0.2) is 0 Å². The van der Waals surface area contributed by atoms with Gasteiger partial charge in [-0.15, -0.1) is 11.8 Å². The van der Waals surface area contributed by atoms with Gasteiger partial charge in [0, 0.05) is 22.5 Å². The fourth-order valence-corrected chi connectivity index (χ4v) is 3.44. The molecule has 4 nitrogen and oxygen atoms in total. The van der Waals surface area contributed by atoms with Gasteiger partial charge in [0.1, 0.15) is 5.82 Å². The van der Waals surface area contributed by atoms with E-state index in [1.54, 1.807) is 11.8 Å². The molecule has 0 atom stereocenters. The van der Waals surface area contributed by atoms with Gasteiger partial charge in [-0.2, -0.15) is 0 Å². The molecule has 0 saturated heterocycles. The van der Waals surface area contributed by atoms with E-state index in [1.165, 1.54) is 0 Å². The lowest BCUT2D eigenvalue weighted by molar-refractivity contribution is 0.756. The van der Waals surface area contributed by atoms with Crippen molar-refractivity contribution in [3.63, 3.8) is 0 Å². The first-order chi connectivity index (χ1) is 9.24. The molecule has 1 aliphatic rings. The molecule has 98 valence electrons. The zero-order valence-corrected chi connectivity index (χ0v) is 12.5. The smallest absolute Gasteiger partial charge is 0.255 e. The van der Waals surface area contributed by atoms with Gasteiger partial charge < -0.3 is 10.3 Å². The number of fused-ring (bicyclic) bond motifs is 1. The van der Waals surface area contributed by atoms with Crippen LogP contribution in [0.1, 0.15) is 17.1 Å². The molecule has 0 fully saturated rings. The van der Waals surface area contributed by atoms with Crippen LogP contribution in [0.15, 0.2) is 38.4 Å². The summed E-state index contributed by atoms with van der Waals surface area (Å²) in [6, 6.07) is 8.03. The van der Waals surface area contributed by atoms with Crippen LogP contribution in [0.5, 0.6) is 0 Å². The summed E-state index contributed by atoms with van der Waals surface area (Å²) < 4.78 is 1.06. The Morgan fingerprint density at radius 1 is 1.32 bits per heavy atom. The number of H-pyrrole nitrogens is 1. The molecule has 0 aliphatic carbocycles. The summed E-state index contributed by atoms with van der Waals surface area (Å²) in [6.07, 6.45) is 0. The predicted molar refractivity (Wildman–Crippen MR) is 79.1 cm³/mol. The summed E-state index contributed by atoms with van der Waals surface area (Å²) in [5.41, 5.74) is 1.64. The second-order valence-electron chi connectivity index (χ2n) is 4.26. The summed E-state index contributed by atoms with van der Waals surface area (Å²) >= 11 is 5.17. The molecule has 6 heteroatoms. The Bertz CT molecular complexity index is 671. The van der Waals surface area contributed by atoms with E-state index in [4.69, 9.17) is 0 Å². The van der Waals surface area contributed by atoms with Crippen LogP contribution in [-0.4, -0.2) is 9.97 Å². The van der Waals surface area contributed by atoms with E-state index < -0.39 is 0 Å². The van der Waals surface area contributed by atoms with Gasteiger partial charge in [-0.05, 0) is 28.1 Å². The minimum atomic E-state index is -0.0160. The average molecular weight is 338 g/mol. The normalized spacial score (nSPS) is 13.5. The highest BCUT2D eigenvalue weighted by molar-refractivity contribution is 9.10. The molecule has 0 saturated carbocycles. The molecule has 1 aromatic carbocycles. The quantitative estimate of drug-likeness (QED) is 0.844. The van der Waals surface area contributed by atoms with Gasteiger partial charge in [0.2, 0.25) is 0 Å². The summed E-state index contributed by atoms with van der Waals surface area (Å²) in [5.74, 6) is 1.39. The molecule has 0 unspecified atom stereocenters. The first-order valence-corrected chi connectivity index (χ1v) is 7.71. The topological polar surface area (TPSA) is 57.8 Å². The number of hydrogen-bond acceptors (Lipinski definition) is 4. The van der Waals surface area contributed by atoms with Gasteiger partial charge in [-0.3, -0.25) is 4.79 Å². The van der Waals surface area contributed by atoms with Crippen molar-refractivity contribution < 1.29 is 0 Å². The number of aromatic nitrogens is 2. The number of aromatic amines is 1. The van der Waals surface area contributed by atoms with Gasteiger partial charge in [0.25, 0.3) is 5.56 Å². The third kappa shape index (κ3) is 2.75. The van der Waals surface area contributed by atoms with Crippen molar-refractivity contribution in [3.8, 4) is 0 Å². The minimum absolute atomic E-state index is 0.0160. The molecule has 0 radical (unpaired) electrons. The summed E-state index contributed by atoms with van der Waals surface area (Å²) in [6.45, 7) is 1.31. The largest absolute Gasteiger partial charge is 0.310 e. The maximum Gasteiger partial charge on any atom is 0.255 e. The highest BCUT2D eigenvalue weighted by Gasteiger charge is 2.16. The van der Waals surface area contributed by atoms with Crippen LogP contribution in [0.25, 0.3) is 0 Å². The van der Waals surface area contributed by atoms with Crippen molar-refractivity contribution in [3.05, 3.63) is 56.2 Å². The van der Waals surface area contributed by atoms with E-state index in [9.17, 15) is 4.79 Å². The molecule has 1 aliphatic heterocycles. The van der Waals surface area contributed by atoms with Crippen LogP contribution in [0.4, 0.5) is 0 Å². The Morgan fingerprint density at radius 3 is 3.00 bits per heavy atom. The molecule has 2 N–H and O–H groups in total. The number of thioether (sulfide) groups is 1. The summed E-state index contributed by atoms with van der Waals surface area (Å²) in [7, 11) is 0. The lowest BCUT2D eigenvalue weighted by Crippen LogP contribution is -2.17. The molecular weight excluding hydrogens is 326 g/mol. The van der Waals surface area contributed by atoms with Crippen LogP contribution >= 0.6 is 27.7 Å². The molecule has 0 amide bonds. The van der Waals surface area contributed by atoms with Crippen LogP contribution in [-0.2, 0) is 18.8 Å². The molecule has 0 spiro atoms. The zero-order valence-electron chi connectivity index (χ0n) is 10.1. The van der Waals surface area contributed by atoms with Crippen LogP contribution in [0.2, 0.25) is 0 Å². The van der Waals surface area contributed by atoms with Crippen molar-refractivity contribution in [1.82, 2.24) is 15.3 Å². The highest BCUT2D eigenvalue weighted by Crippen LogP contribution is 2.28. The number of hydrogen-bond donors (Lipinski definition) is 2. The summed E-state index contributed by atoms with van der Waals surface area (Å²) in [5, 5.41) is 3.14. The van der Waals surface area contributed by atoms with Crippen molar-refractivity contribution in [2.75, 3.05) is 0 Å². The van der Waals surface area contributed by atoms with E-state index >= 15 is 0 Å². The maximum absolute atomic E-state index is 11.9. The Hall–Kier alpha value is -1.11. The second-order valence-corrected chi connectivity index (χ2v) is 6.13. The molecule has 1 aromatic heterocycles. The van der Waals surface area contributed by atoms with Gasteiger partial charge >= 0.3 is 0 Å². The highest BCUT2D eigenvalue weighted by atomic mass is 79.9. The summed E-state index contributed by atoms with van der Waals surface area (Å²) in [4.78, 5) is 20.4. The van der Waals surface area contributed by atoms with Crippen LogP contribution in [0, 0.1) is 0 Å². The number of nitrogens with zero attached hydrogens (tertiary/aromatic N) is 1. The first kappa shape index (κ1) is 12.9. The van der Waals surface area contributed by atoms with E-state index in [0.717, 1.165) is 26.4 Å². The Labute approximate surface area is 123 Å². The second kappa shape index (κ2) is 5.48. The van der Waals surface area contributed by atoms with Gasteiger partial charge in [-0.1, -0.05) is 12.1 Å². The number of benzene rings is 1. The first-order valence-electron chi connectivity index (χ1n) is 5.93. The van der Waals surface area contributed by atoms with Crippen molar-refractivity contribution in [1.29, 1.82) is 0 Å². The maximum atomic E-state index is 11.9. The number of rotatable bonds is 3. The van der Waals surface area contributed by atoms with Crippen molar-refractivity contribution >= 4 is 27.7 Å². The predicted octanol–water partition coefficient (Wildman–Crippen LogP) is 2.43. The zero-order chi connectivity index (χ0) is 13.2. The Morgan fingerprint density at radius 2 is 2.16 bits per heavy atom. The third-order valence-electron chi connectivity index (χ3n) is 2.95. The molecular formula is C13H12BrN3OS. The van der Waals surface area contributed by atoms with Gasteiger partial charge in [0.05, 0.1) is 17.0 Å².